The van der Waals surface area contributed by atoms with E-state index in [0.29, 0.717) is 12.4 Å². The van der Waals surface area contributed by atoms with Crippen molar-refractivity contribution in [2.24, 2.45) is 0 Å². The molecule has 2 aromatic carbocycles. The lowest BCUT2D eigenvalue weighted by molar-refractivity contribution is -0.128. The van der Waals surface area contributed by atoms with Crippen molar-refractivity contribution in [3.63, 3.8) is 0 Å². The van der Waals surface area contributed by atoms with E-state index in [4.69, 9.17) is 14.2 Å². The van der Waals surface area contributed by atoms with Crippen LogP contribution in [0, 0.1) is 0 Å². The molecular formula is C19H22BrNO4. The maximum absolute atomic E-state index is 12.2. The molecule has 0 aromatic heterocycles. The van der Waals surface area contributed by atoms with Crippen molar-refractivity contribution in [3.8, 4) is 17.2 Å². The third-order valence-corrected chi connectivity index (χ3v) is 3.97. The van der Waals surface area contributed by atoms with Crippen molar-refractivity contribution < 1.29 is 19.0 Å². The smallest absolute Gasteiger partial charge is 0.261 e. The van der Waals surface area contributed by atoms with Gasteiger partial charge in [0.05, 0.1) is 13.2 Å². The van der Waals surface area contributed by atoms with E-state index in [9.17, 15) is 4.79 Å². The summed E-state index contributed by atoms with van der Waals surface area (Å²) in [6.07, 6.45) is -0.593. The van der Waals surface area contributed by atoms with Gasteiger partial charge >= 0.3 is 0 Å². The number of carbonyl (C=O) groups excluding carboxylic acids is 1. The monoisotopic (exact) mass is 407 g/mol. The third-order valence-electron chi connectivity index (χ3n) is 3.44. The van der Waals surface area contributed by atoms with Crippen molar-refractivity contribution in [1.82, 2.24) is 5.32 Å². The Morgan fingerprint density at radius 2 is 1.56 bits per heavy atom. The Morgan fingerprint density at radius 1 is 1.00 bits per heavy atom. The fourth-order valence-corrected chi connectivity index (χ4v) is 2.33. The van der Waals surface area contributed by atoms with Gasteiger partial charge in [-0.05, 0) is 62.4 Å². The largest absolute Gasteiger partial charge is 0.497 e. The lowest BCUT2D eigenvalue weighted by Crippen LogP contribution is -2.43. The van der Waals surface area contributed by atoms with Gasteiger partial charge in [0.1, 0.15) is 23.9 Å². The van der Waals surface area contributed by atoms with E-state index in [0.717, 1.165) is 16.0 Å². The Hall–Kier alpha value is -2.21. The first-order chi connectivity index (χ1) is 12.0. The SMILES string of the molecule is COc1ccc(OCC(C)NC(=O)C(C)Oc2ccc(Br)cc2)cc1. The van der Waals surface area contributed by atoms with E-state index < -0.39 is 6.10 Å². The Labute approximate surface area is 156 Å². The summed E-state index contributed by atoms with van der Waals surface area (Å²) in [5, 5.41) is 2.88. The van der Waals surface area contributed by atoms with E-state index in [1.807, 2.05) is 55.5 Å². The first-order valence-corrected chi connectivity index (χ1v) is 8.76. The van der Waals surface area contributed by atoms with Gasteiger partial charge in [0.15, 0.2) is 6.10 Å². The molecule has 25 heavy (non-hydrogen) atoms. The zero-order valence-corrected chi connectivity index (χ0v) is 16.1. The average molecular weight is 408 g/mol. The van der Waals surface area contributed by atoms with Gasteiger partial charge < -0.3 is 19.5 Å². The molecule has 0 saturated carbocycles. The van der Waals surface area contributed by atoms with Crippen LogP contribution in [0.2, 0.25) is 0 Å². The summed E-state index contributed by atoms with van der Waals surface area (Å²) in [5.41, 5.74) is 0. The highest BCUT2D eigenvalue weighted by atomic mass is 79.9. The van der Waals surface area contributed by atoms with Gasteiger partial charge in [-0.15, -0.1) is 0 Å². The predicted octanol–water partition coefficient (Wildman–Crippen LogP) is 3.81. The lowest BCUT2D eigenvalue weighted by atomic mass is 10.3. The van der Waals surface area contributed by atoms with Crippen LogP contribution in [0.15, 0.2) is 53.0 Å². The number of methoxy groups -OCH3 is 1. The highest BCUT2D eigenvalue weighted by molar-refractivity contribution is 9.10. The van der Waals surface area contributed by atoms with Crippen LogP contribution >= 0.6 is 15.9 Å². The zero-order valence-electron chi connectivity index (χ0n) is 14.5. The topological polar surface area (TPSA) is 56.8 Å². The quantitative estimate of drug-likeness (QED) is 0.722. The summed E-state index contributed by atoms with van der Waals surface area (Å²) in [4.78, 5) is 12.2. The predicted molar refractivity (Wildman–Crippen MR) is 100 cm³/mol. The Morgan fingerprint density at radius 3 is 2.16 bits per heavy atom. The van der Waals surface area contributed by atoms with E-state index in [1.54, 1.807) is 14.0 Å². The number of hydrogen-bond acceptors (Lipinski definition) is 4. The van der Waals surface area contributed by atoms with Crippen LogP contribution in [0.5, 0.6) is 17.2 Å². The van der Waals surface area contributed by atoms with Crippen molar-refractivity contribution in [1.29, 1.82) is 0 Å². The molecule has 2 rings (SSSR count). The second kappa shape index (κ2) is 9.32. The second-order valence-electron chi connectivity index (χ2n) is 5.61. The molecule has 2 atom stereocenters. The third kappa shape index (κ3) is 6.31. The zero-order chi connectivity index (χ0) is 18.2. The van der Waals surface area contributed by atoms with Gasteiger partial charge in [0.2, 0.25) is 0 Å². The molecule has 1 N–H and O–H groups in total. The summed E-state index contributed by atoms with van der Waals surface area (Å²) in [6.45, 7) is 3.96. The van der Waals surface area contributed by atoms with Crippen LogP contribution in [0.4, 0.5) is 0 Å². The molecule has 0 aliphatic heterocycles. The first-order valence-electron chi connectivity index (χ1n) is 7.97. The van der Waals surface area contributed by atoms with Crippen LogP contribution in [-0.4, -0.2) is 31.8 Å². The summed E-state index contributed by atoms with van der Waals surface area (Å²) in [5.74, 6) is 1.95. The van der Waals surface area contributed by atoms with E-state index in [2.05, 4.69) is 21.2 Å². The molecule has 2 aromatic rings. The molecular weight excluding hydrogens is 386 g/mol. The minimum atomic E-state index is -0.593. The van der Waals surface area contributed by atoms with Gasteiger partial charge in [-0.2, -0.15) is 0 Å². The average Bonchev–Trinajstić information content (AvgIpc) is 2.62. The molecule has 0 fully saturated rings. The molecule has 2 unspecified atom stereocenters. The maximum Gasteiger partial charge on any atom is 0.261 e. The van der Waals surface area contributed by atoms with Gasteiger partial charge in [-0.1, -0.05) is 15.9 Å². The standard InChI is InChI=1S/C19H22BrNO4/c1-13(12-24-17-10-8-16(23-3)9-11-17)21-19(22)14(2)25-18-6-4-15(20)5-7-18/h4-11,13-14H,12H2,1-3H3,(H,21,22). The van der Waals surface area contributed by atoms with Crippen LogP contribution in [-0.2, 0) is 4.79 Å². The van der Waals surface area contributed by atoms with Crippen molar-refractivity contribution >= 4 is 21.8 Å². The molecule has 0 saturated heterocycles. The van der Waals surface area contributed by atoms with Crippen LogP contribution < -0.4 is 19.5 Å². The summed E-state index contributed by atoms with van der Waals surface area (Å²) in [6, 6.07) is 14.5. The summed E-state index contributed by atoms with van der Waals surface area (Å²) >= 11 is 3.36. The molecule has 0 spiro atoms. The molecule has 134 valence electrons. The number of benzene rings is 2. The molecule has 5 nitrogen and oxygen atoms in total. The number of ether oxygens (including phenoxy) is 3. The van der Waals surface area contributed by atoms with Gasteiger partial charge in [-0.3, -0.25) is 4.79 Å². The Kier molecular flexibility index (Phi) is 7.13. The fraction of sp³-hybridized carbons (Fsp3) is 0.316. The minimum absolute atomic E-state index is 0.148. The number of carbonyl (C=O) groups is 1. The van der Waals surface area contributed by atoms with Crippen LogP contribution in [0.1, 0.15) is 13.8 Å². The highest BCUT2D eigenvalue weighted by Crippen LogP contribution is 2.18. The summed E-state index contributed by atoms with van der Waals surface area (Å²) < 4.78 is 17.4. The van der Waals surface area contributed by atoms with E-state index in [-0.39, 0.29) is 11.9 Å². The second-order valence-corrected chi connectivity index (χ2v) is 6.53. The van der Waals surface area contributed by atoms with E-state index in [1.165, 1.54) is 0 Å². The molecule has 0 radical (unpaired) electrons. The van der Waals surface area contributed by atoms with Gasteiger partial charge in [-0.25, -0.2) is 0 Å². The summed E-state index contributed by atoms with van der Waals surface area (Å²) in [7, 11) is 1.62. The molecule has 0 bridgehead atoms. The van der Waals surface area contributed by atoms with Crippen LogP contribution in [0.25, 0.3) is 0 Å². The van der Waals surface area contributed by atoms with Crippen molar-refractivity contribution in [2.75, 3.05) is 13.7 Å². The number of rotatable bonds is 8. The maximum atomic E-state index is 12.2. The highest BCUT2D eigenvalue weighted by Gasteiger charge is 2.17. The Bertz CT molecular complexity index is 673. The molecule has 1 amide bonds. The van der Waals surface area contributed by atoms with E-state index >= 15 is 0 Å². The van der Waals surface area contributed by atoms with Crippen molar-refractivity contribution in [3.05, 3.63) is 53.0 Å². The van der Waals surface area contributed by atoms with Gasteiger partial charge in [0, 0.05) is 4.47 Å². The molecule has 6 heteroatoms. The fourth-order valence-electron chi connectivity index (χ4n) is 2.07. The molecule has 0 aliphatic carbocycles. The number of hydrogen-bond donors (Lipinski definition) is 1. The van der Waals surface area contributed by atoms with Crippen molar-refractivity contribution in [2.45, 2.75) is 26.0 Å². The number of nitrogens with one attached hydrogen (secondary N) is 1. The Balaban J connectivity index is 1.77. The lowest BCUT2D eigenvalue weighted by Gasteiger charge is -2.19. The minimum Gasteiger partial charge on any atom is -0.497 e. The normalized spacial score (nSPS) is 12.8. The number of amides is 1. The first kappa shape index (κ1) is 19.1. The number of halogens is 1. The molecule has 0 aliphatic rings. The molecule has 0 heterocycles. The van der Waals surface area contributed by atoms with Crippen LogP contribution in [0.3, 0.4) is 0 Å². The van der Waals surface area contributed by atoms with Gasteiger partial charge in [0.25, 0.3) is 5.91 Å².